The number of halogens is 3. The largest absolute Gasteiger partial charge is 0.493 e. The number of alkyl halides is 2. The van der Waals surface area contributed by atoms with Crippen molar-refractivity contribution in [2.45, 2.75) is 22.9 Å². The molecule has 0 aliphatic heterocycles. The molecule has 28 heavy (non-hydrogen) atoms. The van der Waals surface area contributed by atoms with Gasteiger partial charge in [-0.2, -0.15) is 8.78 Å². The van der Waals surface area contributed by atoms with Gasteiger partial charge < -0.3 is 9.47 Å². The third kappa shape index (κ3) is 5.53. The summed E-state index contributed by atoms with van der Waals surface area (Å²) in [5.74, 6) is -0.206. The molecule has 154 valence electrons. The quantitative estimate of drug-likeness (QED) is 0.657. The molecule has 7 nitrogen and oxygen atoms in total. The van der Waals surface area contributed by atoms with Crippen LogP contribution in [-0.4, -0.2) is 36.8 Å². The fourth-order valence-corrected chi connectivity index (χ4v) is 4.45. The maximum atomic E-state index is 12.5. The molecule has 0 aromatic heterocycles. The molecule has 0 spiro atoms. The van der Waals surface area contributed by atoms with Gasteiger partial charge in [-0.05, 0) is 35.9 Å². The molecule has 0 unspecified atom stereocenters. The Balaban J connectivity index is 2.27. The summed E-state index contributed by atoms with van der Waals surface area (Å²) in [5.41, 5.74) is 0.387. The lowest BCUT2D eigenvalue weighted by Gasteiger charge is -2.13. The number of hydrogen-bond acceptors (Lipinski definition) is 6. The minimum atomic E-state index is -4.16. The van der Waals surface area contributed by atoms with E-state index in [0.29, 0.717) is 5.56 Å². The Morgan fingerprint density at radius 3 is 2.32 bits per heavy atom. The second kappa shape index (κ2) is 8.60. The van der Waals surface area contributed by atoms with Crippen LogP contribution >= 0.6 is 11.6 Å². The number of sulfonamides is 1. The van der Waals surface area contributed by atoms with Crippen molar-refractivity contribution in [3.63, 3.8) is 0 Å². The van der Waals surface area contributed by atoms with Crippen molar-refractivity contribution >= 4 is 31.5 Å². The molecule has 0 radical (unpaired) electrons. The van der Waals surface area contributed by atoms with E-state index in [9.17, 15) is 25.6 Å². The van der Waals surface area contributed by atoms with Crippen LogP contribution in [0.5, 0.6) is 11.5 Å². The van der Waals surface area contributed by atoms with E-state index in [4.69, 9.17) is 16.3 Å². The van der Waals surface area contributed by atoms with E-state index < -0.39 is 31.4 Å². The van der Waals surface area contributed by atoms with Crippen molar-refractivity contribution in [2.24, 2.45) is 0 Å². The monoisotopic (exact) mass is 455 g/mol. The number of rotatable bonds is 8. The highest BCUT2D eigenvalue weighted by Gasteiger charge is 2.21. The zero-order valence-electron chi connectivity index (χ0n) is 14.6. The number of nitrogens with one attached hydrogen (secondary N) is 1. The van der Waals surface area contributed by atoms with Gasteiger partial charge in [-0.3, -0.25) is 0 Å². The van der Waals surface area contributed by atoms with Gasteiger partial charge in [0.15, 0.2) is 21.3 Å². The zero-order chi connectivity index (χ0) is 21.1. The van der Waals surface area contributed by atoms with Crippen LogP contribution in [0.15, 0.2) is 46.2 Å². The molecule has 2 rings (SSSR count). The first kappa shape index (κ1) is 22.3. The van der Waals surface area contributed by atoms with E-state index in [1.165, 1.54) is 37.4 Å². The van der Waals surface area contributed by atoms with Crippen LogP contribution in [0.3, 0.4) is 0 Å². The lowest BCUT2D eigenvalue weighted by atomic mass is 10.2. The van der Waals surface area contributed by atoms with Gasteiger partial charge in [0.25, 0.3) is 0 Å². The zero-order valence-corrected chi connectivity index (χ0v) is 17.0. The van der Waals surface area contributed by atoms with E-state index in [-0.39, 0.29) is 28.0 Å². The van der Waals surface area contributed by atoms with Crippen LogP contribution in [-0.2, 0) is 26.4 Å². The molecule has 0 aliphatic rings. The van der Waals surface area contributed by atoms with Gasteiger partial charge in [0.1, 0.15) is 4.90 Å². The average molecular weight is 456 g/mol. The minimum absolute atomic E-state index is 0.00546. The smallest absolute Gasteiger partial charge is 0.387 e. The molecule has 1 N–H and O–H groups in total. The summed E-state index contributed by atoms with van der Waals surface area (Å²) in [6.45, 7) is -3.27. The predicted octanol–water partition coefficient (Wildman–Crippen LogP) is 2.83. The highest BCUT2D eigenvalue weighted by molar-refractivity contribution is 7.91. The van der Waals surface area contributed by atoms with Crippen molar-refractivity contribution in [3.8, 4) is 11.5 Å². The van der Waals surface area contributed by atoms with Crippen molar-refractivity contribution in [2.75, 3.05) is 13.4 Å². The standard InChI is InChI=1S/C16H16ClF2NO6S2/c1-25-14-7-10(3-6-13(14)26-16(18)19)9-20-28(23,24)15-8-11(27(2,21)22)4-5-12(15)17/h3-8,16,20H,9H2,1-2H3. The van der Waals surface area contributed by atoms with Crippen LogP contribution in [0, 0.1) is 0 Å². The summed E-state index contributed by atoms with van der Waals surface area (Å²) in [4.78, 5) is -0.603. The molecule has 0 fully saturated rings. The maximum absolute atomic E-state index is 12.5. The second-order valence-corrected chi connectivity index (χ2v) is 9.71. The van der Waals surface area contributed by atoms with Crippen LogP contribution in [0.4, 0.5) is 8.78 Å². The predicted molar refractivity (Wildman–Crippen MR) is 98.2 cm³/mol. The molecule has 0 heterocycles. The average Bonchev–Trinajstić information content (AvgIpc) is 2.59. The van der Waals surface area contributed by atoms with Crippen molar-refractivity contribution < 1.29 is 35.1 Å². The number of sulfone groups is 1. The Morgan fingerprint density at radius 2 is 1.75 bits per heavy atom. The molecule has 0 saturated carbocycles. The van der Waals surface area contributed by atoms with Crippen LogP contribution in [0.1, 0.15) is 5.56 Å². The topological polar surface area (TPSA) is 98.8 Å². The molecule has 12 heteroatoms. The lowest BCUT2D eigenvalue weighted by Crippen LogP contribution is -2.24. The van der Waals surface area contributed by atoms with Crippen LogP contribution in [0.25, 0.3) is 0 Å². The van der Waals surface area contributed by atoms with E-state index in [1.807, 2.05) is 0 Å². The molecule has 2 aromatic carbocycles. The number of methoxy groups -OCH3 is 1. The first-order valence-electron chi connectivity index (χ1n) is 7.55. The van der Waals surface area contributed by atoms with Crippen molar-refractivity contribution in [1.29, 1.82) is 0 Å². The number of ether oxygens (including phenoxy) is 2. The molecular weight excluding hydrogens is 440 g/mol. The molecule has 0 saturated heterocycles. The van der Waals surface area contributed by atoms with Gasteiger partial charge in [-0.25, -0.2) is 21.6 Å². The molecule has 0 atom stereocenters. The van der Waals surface area contributed by atoms with E-state index in [2.05, 4.69) is 9.46 Å². The maximum Gasteiger partial charge on any atom is 0.387 e. The van der Waals surface area contributed by atoms with Crippen molar-refractivity contribution in [1.82, 2.24) is 4.72 Å². The molecule has 0 bridgehead atoms. The second-order valence-electron chi connectivity index (χ2n) is 5.55. The summed E-state index contributed by atoms with van der Waals surface area (Å²) in [6, 6.07) is 7.24. The first-order chi connectivity index (χ1) is 12.9. The number of benzene rings is 2. The molecule has 2 aromatic rings. The molecule has 0 amide bonds. The van der Waals surface area contributed by atoms with E-state index >= 15 is 0 Å². The summed E-state index contributed by atoms with van der Waals surface area (Å²) in [6.07, 6.45) is 0.940. The normalized spacial score (nSPS) is 12.2. The van der Waals surface area contributed by atoms with Crippen molar-refractivity contribution in [3.05, 3.63) is 47.0 Å². The Kier molecular flexibility index (Phi) is 6.86. The van der Waals surface area contributed by atoms with Gasteiger partial charge in [-0.15, -0.1) is 0 Å². The third-order valence-corrected chi connectivity index (χ3v) is 6.52. The number of hydrogen-bond donors (Lipinski definition) is 1. The molecular formula is C16H16ClF2NO6S2. The highest BCUT2D eigenvalue weighted by atomic mass is 35.5. The van der Waals surface area contributed by atoms with Gasteiger partial charge in [0.05, 0.1) is 17.0 Å². The fourth-order valence-electron chi connectivity index (χ4n) is 2.19. The molecule has 0 aliphatic carbocycles. The van der Waals surface area contributed by atoms with Gasteiger partial charge in [0, 0.05) is 12.8 Å². The van der Waals surface area contributed by atoms with Crippen LogP contribution in [0.2, 0.25) is 5.02 Å². The summed E-state index contributed by atoms with van der Waals surface area (Å²) in [7, 11) is -6.55. The summed E-state index contributed by atoms with van der Waals surface area (Å²) >= 11 is 5.91. The van der Waals surface area contributed by atoms with Gasteiger partial charge in [0.2, 0.25) is 10.0 Å². The minimum Gasteiger partial charge on any atom is -0.493 e. The Labute approximate surface area is 166 Å². The Hall–Kier alpha value is -1.95. The summed E-state index contributed by atoms with van der Waals surface area (Å²) < 4.78 is 84.6. The van der Waals surface area contributed by atoms with Gasteiger partial charge >= 0.3 is 6.61 Å². The SMILES string of the molecule is COc1cc(CNS(=O)(=O)c2cc(S(C)(=O)=O)ccc2Cl)ccc1OC(F)F. The van der Waals surface area contributed by atoms with Gasteiger partial charge in [-0.1, -0.05) is 17.7 Å². The highest BCUT2D eigenvalue weighted by Crippen LogP contribution is 2.30. The Bertz CT molecular complexity index is 1070. The Morgan fingerprint density at radius 1 is 1.07 bits per heavy atom. The first-order valence-corrected chi connectivity index (χ1v) is 11.3. The summed E-state index contributed by atoms with van der Waals surface area (Å²) in [5, 5.41) is -0.154. The fraction of sp³-hybridized carbons (Fsp3) is 0.250. The van der Waals surface area contributed by atoms with E-state index in [0.717, 1.165) is 12.3 Å². The van der Waals surface area contributed by atoms with Crippen LogP contribution < -0.4 is 14.2 Å². The third-order valence-electron chi connectivity index (χ3n) is 3.53. The lowest BCUT2D eigenvalue weighted by molar-refractivity contribution is -0.0512. The van der Waals surface area contributed by atoms with E-state index in [1.54, 1.807) is 0 Å².